The van der Waals surface area contributed by atoms with Gasteiger partial charge in [-0.25, -0.2) is 0 Å². The highest BCUT2D eigenvalue weighted by atomic mass is 16.5. The molecule has 0 saturated heterocycles. The Labute approximate surface area is 86.2 Å². The first kappa shape index (κ1) is 11.9. The molecule has 1 fully saturated rings. The summed E-state index contributed by atoms with van der Waals surface area (Å²) in [4.78, 5) is 2.09. The third-order valence-electron chi connectivity index (χ3n) is 2.42. The van der Waals surface area contributed by atoms with Crippen molar-refractivity contribution in [2.75, 3.05) is 40.4 Å². The number of methoxy groups -OCH3 is 1. The van der Waals surface area contributed by atoms with E-state index in [1.807, 2.05) is 7.05 Å². The summed E-state index contributed by atoms with van der Waals surface area (Å²) in [5.41, 5.74) is 0. The fourth-order valence-electron chi connectivity index (χ4n) is 1.35. The van der Waals surface area contributed by atoms with Crippen molar-refractivity contribution in [2.24, 2.45) is 0 Å². The number of hydrogen-bond donors (Lipinski definition) is 2. The zero-order valence-electron chi connectivity index (χ0n) is 9.20. The molecule has 0 radical (unpaired) electrons. The van der Waals surface area contributed by atoms with Crippen molar-refractivity contribution < 1.29 is 9.84 Å². The molecule has 0 aromatic rings. The van der Waals surface area contributed by atoms with E-state index < -0.39 is 0 Å². The number of aliphatic hydroxyl groups is 1. The summed E-state index contributed by atoms with van der Waals surface area (Å²) in [6.07, 6.45) is 2.27. The molecule has 1 saturated carbocycles. The Morgan fingerprint density at radius 2 is 2.29 bits per heavy atom. The normalized spacial score (nSPS) is 18.9. The molecule has 84 valence electrons. The fraction of sp³-hybridized carbons (Fsp3) is 1.00. The van der Waals surface area contributed by atoms with Gasteiger partial charge < -0.3 is 20.1 Å². The molecule has 0 spiro atoms. The largest absolute Gasteiger partial charge is 0.390 e. The zero-order valence-corrected chi connectivity index (χ0v) is 9.20. The lowest BCUT2D eigenvalue weighted by atomic mass is 10.3. The second-order valence-electron chi connectivity index (χ2n) is 4.09. The maximum Gasteiger partial charge on any atom is 0.0791 e. The Morgan fingerprint density at radius 3 is 2.86 bits per heavy atom. The van der Waals surface area contributed by atoms with E-state index >= 15 is 0 Å². The smallest absolute Gasteiger partial charge is 0.0791 e. The highest BCUT2D eigenvalue weighted by molar-refractivity contribution is 4.82. The van der Waals surface area contributed by atoms with Crippen LogP contribution in [0.15, 0.2) is 0 Å². The third kappa shape index (κ3) is 5.54. The van der Waals surface area contributed by atoms with Crippen molar-refractivity contribution in [1.29, 1.82) is 0 Å². The number of nitrogens with zero attached hydrogens (tertiary/aromatic N) is 1. The molecular weight excluding hydrogens is 180 g/mol. The van der Waals surface area contributed by atoms with Crippen LogP contribution in [-0.4, -0.2) is 62.6 Å². The van der Waals surface area contributed by atoms with Crippen LogP contribution in [0.2, 0.25) is 0 Å². The molecule has 1 unspecified atom stereocenters. The van der Waals surface area contributed by atoms with Gasteiger partial charge in [0, 0.05) is 32.8 Å². The van der Waals surface area contributed by atoms with Gasteiger partial charge in [-0.2, -0.15) is 0 Å². The predicted octanol–water partition coefficient (Wildman–Crippen LogP) is -0.322. The Bertz CT molecular complexity index is 151. The summed E-state index contributed by atoms with van der Waals surface area (Å²) >= 11 is 0. The van der Waals surface area contributed by atoms with Gasteiger partial charge in [-0.05, 0) is 19.9 Å². The number of hydrogen-bond acceptors (Lipinski definition) is 4. The lowest BCUT2D eigenvalue weighted by molar-refractivity contribution is 0.102. The van der Waals surface area contributed by atoms with Gasteiger partial charge in [0.25, 0.3) is 0 Å². The Kier molecular flexibility index (Phi) is 5.40. The van der Waals surface area contributed by atoms with Gasteiger partial charge >= 0.3 is 0 Å². The average molecular weight is 202 g/mol. The molecule has 0 bridgehead atoms. The summed E-state index contributed by atoms with van der Waals surface area (Å²) in [7, 11) is 3.69. The van der Waals surface area contributed by atoms with Crippen LogP contribution < -0.4 is 5.32 Å². The van der Waals surface area contributed by atoms with Crippen molar-refractivity contribution >= 4 is 0 Å². The van der Waals surface area contributed by atoms with Crippen LogP contribution in [0.5, 0.6) is 0 Å². The molecule has 0 aromatic heterocycles. The summed E-state index contributed by atoms with van der Waals surface area (Å²) in [5, 5.41) is 13.0. The molecule has 0 amide bonds. The topological polar surface area (TPSA) is 44.7 Å². The van der Waals surface area contributed by atoms with E-state index in [0.717, 1.165) is 13.2 Å². The monoisotopic (exact) mass is 202 g/mol. The van der Waals surface area contributed by atoms with Crippen LogP contribution in [0, 0.1) is 0 Å². The molecule has 1 rings (SSSR count). The van der Waals surface area contributed by atoms with Gasteiger partial charge in [-0.15, -0.1) is 0 Å². The van der Waals surface area contributed by atoms with Crippen molar-refractivity contribution in [3.05, 3.63) is 0 Å². The first-order valence-corrected chi connectivity index (χ1v) is 5.31. The lowest BCUT2D eigenvalue weighted by Gasteiger charge is -2.20. The summed E-state index contributed by atoms with van der Waals surface area (Å²) < 4.78 is 4.96. The number of aliphatic hydroxyl groups excluding tert-OH is 1. The number of likely N-dealkylation sites (N-methyl/N-ethyl adjacent to an activating group) is 1. The SMILES string of the molecule is COCCN(C)CC(O)CNC1CC1. The molecule has 4 heteroatoms. The van der Waals surface area contributed by atoms with Gasteiger partial charge in [0.2, 0.25) is 0 Å². The highest BCUT2D eigenvalue weighted by Gasteiger charge is 2.21. The molecule has 0 heterocycles. The number of rotatable bonds is 8. The first-order valence-electron chi connectivity index (χ1n) is 5.31. The van der Waals surface area contributed by atoms with E-state index in [1.54, 1.807) is 7.11 Å². The molecule has 1 aliphatic carbocycles. The van der Waals surface area contributed by atoms with Gasteiger partial charge in [-0.3, -0.25) is 0 Å². The molecule has 1 aliphatic rings. The van der Waals surface area contributed by atoms with Crippen molar-refractivity contribution in [3.63, 3.8) is 0 Å². The summed E-state index contributed by atoms with van der Waals surface area (Å²) in [5.74, 6) is 0. The van der Waals surface area contributed by atoms with E-state index in [2.05, 4.69) is 10.2 Å². The van der Waals surface area contributed by atoms with E-state index in [-0.39, 0.29) is 6.10 Å². The Hall–Kier alpha value is -0.160. The van der Waals surface area contributed by atoms with Crippen LogP contribution in [0.3, 0.4) is 0 Å². The van der Waals surface area contributed by atoms with Gasteiger partial charge in [0.05, 0.1) is 12.7 Å². The molecular formula is C10H22N2O2. The van der Waals surface area contributed by atoms with Gasteiger partial charge in [0.1, 0.15) is 0 Å². The Balaban J connectivity index is 1.96. The lowest BCUT2D eigenvalue weighted by Crippen LogP contribution is -2.38. The van der Waals surface area contributed by atoms with Crippen LogP contribution >= 0.6 is 0 Å². The van der Waals surface area contributed by atoms with Crippen LogP contribution in [-0.2, 0) is 4.74 Å². The van der Waals surface area contributed by atoms with Crippen molar-refractivity contribution in [2.45, 2.75) is 25.0 Å². The van der Waals surface area contributed by atoms with E-state index in [9.17, 15) is 5.11 Å². The molecule has 2 N–H and O–H groups in total. The van der Waals surface area contributed by atoms with E-state index in [0.29, 0.717) is 19.1 Å². The first-order chi connectivity index (χ1) is 6.72. The quantitative estimate of drug-likeness (QED) is 0.566. The molecule has 1 atom stereocenters. The summed E-state index contributed by atoms with van der Waals surface area (Å²) in [6.45, 7) is 3.02. The van der Waals surface area contributed by atoms with Crippen molar-refractivity contribution in [1.82, 2.24) is 10.2 Å². The zero-order chi connectivity index (χ0) is 10.4. The minimum Gasteiger partial charge on any atom is -0.390 e. The minimum atomic E-state index is -0.266. The van der Waals surface area contributed by atoms with Crippen molar-refractivity contribution in [3.8, 4) is 0 Å². The van der Waals surface area contributed by atoms with E-state index in [1.165, 1.54) is 12.8 Å². The minimum absolute atomic E-state index is 0.266. The standard InChI is InChI=1S/C10H22N2O2/c1-12(5-6-14-2)8-10(13)7-11-9-3-4-9/h9-11,13H,3-8H2,1-2H3. The van der Waals surface area contributed by atoms with Gasteiger partial charge in [0.15, 0.2) is 0 Å². The maximum absolute atomic E-state index is 9.65. The fourth-order valence-corrected chi connectivity index (χ4v) is 1.35. The molecule has 0 aliphatic heterocycles. The third-order valence-corrected chi connectivity index (χ3v) is 2.42. The van der Waals surface area contributed by atoms with Gasteiger partial charge in [-0.1, -0.05) is 0 Å². The van der Waals surface area contributed by atoms with Crippen LogP contribution in [0.25, 0.3) is 0 Å². The Morgan fingerprint density at radius 1 is 1.57 bits per heavy atom. The van der Waals surface area contributed by atoms with Crippen LogP contribution in [0.4, 0.5) is 0 Å². The maximum atomic E-state index is 9.65. The highest BCUT2D eigenvalue weighted by Crippen LogP contribution is 2.18. The number of ether oxygens (including phenoxy) is 1. The average Bonchev–Trinajstić information content (AvgIpc) is 2.95. The molecule has 14 heavy (non-hydrogen) atoms. The molecule has 4 nitrogen and oxygen atoms in total. The summed E-state index contributed by atoms with van der Waals surface area (Å²) in [6, 6.07) is 0.675. The van der Waals surface area contributed by atoms with Crippen LogP contribution in [0.1, 0.15) is 12.8 Å². The molecule has 0 aromatic carbocycles. The number of nitrogens with one attached hydrogen (secondary N) is 1. The second kappa shape index (κ2) is 6.35. The predicted molar refractivity (Wildman–Crippen MR) is 56.4 cm³/mol. The van der Waals surface area contributed by atoms with E-state index in [4.69, 9.17) is 4.74 Å². The second-order valence-corrected chi connectivity index (χ2v) is 4.09.